The molecule has 9 aromatic carbocycles. The first-order valence-corrected chi connectivity index (χ1v) is 28.9. The summed E-state index contributed by atoms with van der Waals surface area (Å²) in [5.74, 6) is 0.610. The largest absolute Gasteiger partial charge is 0.509 e. The molecule has 2 aromatic heterocycles. The van der Waals surface area contributed by atoms with Gasteiger partial charge < -0.3 is 19.1 Å². The molecule has 0 unspecified atom stereocenters. The minimum atomic E-state index is -0.795. The minimum Gasteiger partial charge on any atom is -0.509 e. The first kappa shape index (κ1) is 41.2. The maximum atomic E-state index is 10.1. The van der Waals surface area contributed by atoms with E-state index in [1.807, 2.05) is 73.6 Å². The molecule has 0 saturated heterocycles. The molecule has 0 N–H and O–H groups in total. The summed E-state index contributed by atoms with van der Waals surface area (Å²) < 4.78 is 164. The van der Waals surface area contributed by atoms with Gasteiger partial charge in [0.05, 0.1) is 23.3 Å². The average molecular weight is 1320 g/mol. The van der Waals surface area contributed by atoms with Crippen molar-refractivity contribution in [3.8, 4) is 61.8 Å². The number of aromatic nitrogens is 2. The van der Waals surface area contributed by atoms with Gasteiger partial charge in [-0.15, -0.1) is 48.1 Å². The van der Waals surface area contributed by atoms with Gasteiger partial charge in [-0.25, -0.2) is 4.98 Å². The van der Waals surface area contributed by atoms with E-state index < -0.39 is 94.8 Å². The Morgan fingerprint density at radius 3 is 1.78 bits per heavy atom. The first-order chi connectivity index (χ1) is 47.6. The van der Waals surface area contributed by atoms with Crippen molar-refractivity contribution in [2.75, 3.05) is 9.80 Å². The summed E-state index contributed by atoms with van der Waals surface area (Å²) in [6.07, 6.45) is 3.36. The third-order valence-electron chi connectivity index (χ3n) is 16.7. The zero-order chi connectivity index (χ0) is 74.2. The molecule has 86 heavy (non-hydrogen) atoms. The van der Waals surface area contributed by atoms with Crippen molar-refractivity contribution < 1.29 is 49.1 Å². The Labute approximate surface area is 548 Å². The summed E-state index contributed by atoms with van der Waals surface area (Å²) in [6, 6.07) is 28.3. The topological polar surface area (TPSA) is 33.5 Å². The Morgan fingerprint density at radius 2 is 1.10 bits per heavy atom. The summed E-state index contributed by atoms with van der Waals surface area (Å²) in [5.41, 5.74) is 5.85. The second kappa shape index (κ2) is 21.8. The third-order valence-corrected chi connectivity index (χ3v) is 16.7. The van der Waals surface area contributed by atoms with Crippen molar-refractivity contribution in [2.24, 2.45) is 0 Å². The van der Waals surface area contributed by atoms with E-state index in [9.17, 15) is 11.0 Å². The average Bonchev–Trinajstić information content (AvgIpc) is 1.59. The van der Waals surface area contributed by atoms with Crippen molar-refractivity contribution >= 4 is 44.6 Å². The van der Waals surface area contributed by atoms with Gasteiger partial charge in [0, 0.05) is 78.0 Å². The fourth-order valence-electron chi connectivity index (χ4n) is 11.8. The Bertz CT molecular complexity index is 5340. The van der Waals surface area contributed by atoms with Crippen LogP contribution in [0, 0.1) is 18.8 Å². The summed E-state index contributed by atoms with van der Waals surface area (Å²) in [4.78, 5) is 8.78. The summed E-state index contributed by atoms with van der Waals surface area (Å²) in [7, 11) is 0. The number of ether oxygens (including phenoxy) is 1. The van der Waals surface area contributed by atoms with Crippen molar-refractivity contribution in [3.05, 3.63) is 247 Å². The normalized spacial score (nSPS) is 17.5. The molecular weight excluding hydrogens is 1230 g/mol. The van der Waals surface area contributed by atoms with Crippen molar-refractivity contribution in [2.45, 2.75) is 130 Å². The number of benzene rings is 9. The van der Waals surface area contributed by atoms with Crippen molar-refractivity contribution in [1.29, 1.82) is 0 Å². The SMILES string of the molecule is [2H]c1c([2H])c([2H])c(-c2cnc(-n3c4[c-]c(Oc5[c-]c(N6[CH-]N(c7c(-c8ccc9c(c8)C(C)(C)CCC9(C)C)cc(C(C)(C)C)cc7-c7c([2H])c([2H])c(-c8c([2H])c([2H])c(C(C)(C)C)c([2H])c8[2H])c([2H])c7[2H])c7ccccc76)ccc5)ccc4c4c([2H])c([2H])c([2H])c([2H])c43)cc2C(C)(C)C)c([2H])c1[2H].[Pt]. The fraction of sp³-hybridized carbons (Fsp3) is 0.250. The second-order valence-corrected chi connectivity index (χ2v) is 26.8. The van der Waals surface area contributed by atoms with Gasteiger partial charge in [-0.2, -0.15) is 12.1 Å². The number of rotatable bonds is 9. The van der Waals surface area contributed by atoms with E-state index in [4.69, 9.17) is 22.1 Å². The third kappa shape index (κ3) is 10.7. The predicted octanol–water partition coefficient (Wildman–Crippen LogP) is 21.9. The van der Waals surface area contributed by atoms with E-state index in [0.29, 0.717) is 44.8 Å². The number of fused-ring (bicyclic) bond motifs is 5. The van der Waals surface area contributed by atoms with Crippen molar-refractivity contribution in [3.63, 3.8) is 0 Å². The molecule has 1 aliphatic carbocycles. The summed E-state index contributed by atoms with van der Waals surface area (Å²) in [6.45, 7) is 28.3. The summed E-state index contributed by atoms with van der Waals surface area (Å²) >= 11 is 0. The van der Waals surface area contributed by atoms with Gasteiger partial charge in [0.2, 0.25) is 0 Å². The molecule has 436 valence electrons. The number of hydrogen-bond acceptors (Lipinski definition) is 4. The second-order valence-electron chi connectivity index (χ2n) is 26.8. The van der Waals surface area contributed by atoms with Gasteiger partial charge in [0.25, 0.3) is 0 Å². The maximum Gasteiger partial charge on any atom is 0.135 e. The molecule has 2 aliphatic rings. The number of pyridine rings is 1. The van der Waals surface area contributed by atoms with Crippen LogP contribution in [0.4, 0.5) is 22.7 Å². The zero-order valence-corrected chi connectivity index (χ0v) is 53.0. The molecule has 0 amide bonds. The van der Waals surface area contributed by atoms with Gasteiger partial charge in [0.15, 0.2) is 0 Å². The van der Waals surface area contributed by atoms with E-state index in [0.717, 1.165) is 29.5 Å². The fourth-order valence-corrected chi connectivity index (χ4v) is 11.8. The quantitative estimate of drug-likeness (QED) is 0.135. The first-order valence-electron chi connectivity index (χ1n) is 37.4. The van der Waals surface area contributed by atoms with Gasteiger partial charge in [-0.3, -0.25) is 0 Å². The molecule has 6 heteroatoms. The van der Waals surface area contributed by atoms with Gasteiger partial charge >= 0.3 is 0 Å². The Kier molecular flexibility index (Phi) is 10.4. The summed E-state index contributed by atoms with van der Waals surface area (Å²) in [5, 5.41) is 0.600. The monoisotopic (exact) mass is 1320 g/mol. The molecule has 3 heterocycles. The maximum absolute atomic E-state index is 10.1. The van der Waals surface area contributed by atoms with E-state index >= 15 is 0 Å². The number of nitrogens with zero attached hydrogens (tertiary/aromatic N) is 4. The van der Waals surface area contributed by atoms with E-state index in [1.54, 1.807) is 55.7 Å². The van der Waals surface area contributed by atoms with Gasteiger partial charge in [-0.1, -0.05) is 223 Å². The molecule has 0 fully saturated rings. The van der Waals surface area contributed by atoms with Crippen LogP contribution in [0.25, 0.3) is 72.1 Å². The van der Waals surface area contributed by atoms with E-state index in [2.05, 4.69) is 84.9 Å². The molecule has 0 radical (unpaired) electrons. The van der Waals surface area contributed by atoms with E-state index in [1.165, 1.54) is 17.3 Å². The molecule has 13 rings (SSSR count). The van der Waals surface area contributed by atoms with E-state index in [-0.39, 0.29) is 118 Å². The molecule has 5 nitrogen and oxygen atoms in total. The Hall–Kier alpha value is -7.98. The van der Waals surface area contributed by atoms with Crippen LogP contribution in [0.2, 0.25) is 0 Å². The van der Waals surface area contributed by atoms with Crippen LogP contribution in [0.3, 0.4) is 0 Å². The smallest absolute Gasteiger partial charge is 0.135 e. The Morgan fingerprint density at radius 1 is 0.512 bits per heavy atom. The standard InChI is InChI=1S/C80H77N4O.Pt/c1-76(2,3)57-37-34-53(35-38-57)52-30-32-55(33-31-52)64-45-58(77(4,5)6)46-65(56-36-41-67-69(44-56)80(12,13)43-42-79(67,10)11)75(64)83-51-82(71-28-19-20-29-72(71)83)59-24-21-25-60(47-59)85-61-39-40-63-62-26-17-18-27-70(62)84(73(63)48-61)74-49-68(78(7,8)9)66(50-81-74)54-22-15-14-16-23-54;/h14-41,44-46,49-51H,42-43H2,1-13H3;/q-3;/i14D,15D,16D,17D,18D,22D,23D,26D,27D,30D,31D,32D,33D,34D,35D,37D,38D;. The van der Waals surface area contributed by atoms with Crippen LogP contribution < -0.4 is 14.5 Å². The molecule has 1 aliphatic heterocycles. The number of anilines is 4. The van der Waals surface area contributed by atoms with Gasteiger partial charge in [-0.05, 0) is 137 Å². The number of para-hydroxylation sites is 3. The van der Waals surface area contributed by atoms with Crippen LogP contribution in [0.15, 0.2) is 200 Å². The van der Waals surface area contributed by atoms with Gasteiger partial charge in [0.1, 0.15) is 5.82 Å². The Balaban J connectivity index is 0.00001000. The van der Waals surface area contributed by atoms with Crippen LogP contribution in [-0.4, -0.2) is 9.55 Å². The van der Waals surface area contributed by atoms with Crippen LogP contribution in [0.5, 0.6) is 11.5 Å². The molecule has 11 aromatic rings. The van der Waals surface area contributed by atoms with Crippen molar-refractivity contribution in [1.82, 2.24) is 9.55 Å². The van der Waals surface area contributed by atoms with Crippen LogP contribution in [0.1, 0.15) is 154 Å². The molecule has 0 bridgehead atoms. The molecular formula is C80H77N4OPt-3. The van der Waals surface area contributed by atoms with Crippen LogP contribution >= 0.6 is 0 Å². The van der Waals surface area contributed by atoms with Crippen LogP contribution in [-0.2, 0) is 48.1 Å². The minimum absolute atomic E-state index is 0. The zero-order valence-electron chi connectivity index (χ0n) is 67.7. The molecule has 0 spiro atoms. The number of hydrogen-bond donors (Lipinski definition) is 0. The predicted molar refractivity (Wildman–Crippen MR) is 357 cm³/mol. The molecule has 0 saturated carbocycles. The molecule has 0 atom stereocenters.